The van der Waals surface area contributed by atoms with Gasteiger partial charge < -0.3 is 9.30 Å². The molecule has 0 saturated heterocycles. The monoisotopic (exact) mass is 344 g/mol. The standard InChI is InChI=1S/C15H12N4O4S/c1-23-14(20)9-18-12-5-3-2-4-11(12)17-15(18)24-13-7-6-10(8-16-13)19(21)22/h2-8H,9H2,1H3. The lowest BCUT2D eigenvalue weighted by atomic mass is 10.3. The number of ether oxygens (including phenoxy) is 1. The topological polar surface area (TPSA) is 100 Å². The number of carbonyl (C=O) groups excluding carboxylic acids is 1. The van der Waals surface area contributed by atoms with Crippen LogP contribution in [0.25, 0.3) is 11.0 Å². The van der Waals surface area contributed by atoms with Crippen molar-refractivity contribution >= 4 is 34.5 Å². The van der Waals surface area contributed by atoms with Gasteiger partial charge in [-0.15, -0.1) is 0 Å². The minimum absolute atomic E-state index is 0.0202. The maximum absolute atomic E-state index is 11.7. The first-order valence-electron chi connectivity index (χ1n) is 6.89. The minimum Gasteiger partial charge on any atom is -0.468 e. The second-order valence-electron chi connectivity index (χ2n) is 4.76. The summed E-state index contributed by atoms with van der Waals surface area (Å²) >= 11 is 1.22. The lowest BCUT2D eigenvalue weighted by Gasteiger charge is -2.07. The van der Waals surface area contributed by atoms with E-state index in [-0.39, 0.29) is 12.2 Å². The third-order valence-corrected chi connectivity index (χ3v) is 4.21. The van der Waals surface area contributed by atoms with Crippen LogP contribution in [0, 0.1) is 10.1 Å². The molecule has 0 aliphatic rings. The summed E-state index contributed by atoms with van der Waals surface area (Å²) in [5.74, 6) is -0.392. The summed E-state index contributed by atoms with van der Waals surface area (Å²) in [6.45, 7) is 0.0202. The first kappa shape index (κ1) is 15.9. The molecule has 0 aliphatic carbocycles. The van der Waals surface area contributed by atoms with Gasteiger partial charge in [-0.3, -0.25) is 14.9 Å². The Morgan fingerprint density at radius 1 is 1.33 bits per heavy atom. The average Bonchev–Trinajstić information content (AvgIpc) is 2.92. The van der Waals surface area contributed by atoms with Gasteiger partial charge in [-0.05, 0) is 30.0 Å². The van der Waals surface area contributed by atoms with Gasteiger partial charge in [-0.25, -0.2) is 9.97 Å². The van der Waals surface area contributed by atoms with Crippen molar-refractivity contribution in [2.24, 2.45) is 0 Å². The number of esters is 1. The molecule has 1 aromatic carbocycles. The number of carbonyl (C=O) groups is 1. The first-order chi connectivity index (χ1) is 11.6. The van der Waals surface area contributed by atoms with Gasteiger partial charge in [0.2, 0.25) is 0 Å². The second kappa shape index (κ2) is 6.67. The van der Waals surface area contributed by atoms with Crippen LogP contribution in [0.2, 0.25) is 0 Å². The molecule has 0 bridgehead atoms. The molecule has 3 rings (SSSR count). The zero-order valence-electron chi connectivity index (χ0n) is 12.6. The molecule has 0 amide bonds. The summed E-state index contributed by atoms with van der Waals surface area (Å²) in [6, 6.07) is 10.3. The van der Waals surface area contributed by atoms with Gasteiger partial charge in [0.25, 0.3) is 5.69 Å². The third-order valence-electron chi connectivity index (χ3n) is 3.26. The summed E-state index contributed by atoms with van der Waals surface area (Å²) < 4.78 is 6.46. The van der Waals surface area contributed by atoms with Gasteiger partial charge in [0.1, 0.15) is 17.8 Å². The molecule has 9 heteroatoms. The number of fused-ring (bicyclic) bond motifs is 1. The molecule has 0 radical (unpaired) electrons. The Bertz CT molecular complexity index is 907. The molecule has 24 heavy (non-hydrogen) atoms. The van der Waals surface area contributed by atoms with Crippen molar-refractivity contribution in [1.82, 2.24) is 14.5 Å². The molecule has 122 valence electrons. The first-order valence-corrected chi connectivity index (χ1v) is 7.70. The summed E-state index contributed by atoms with van der Waals surface area (Å²) in [5, 5.41) is 11.8. The highest BCUT2D eigenvalue weighted by molar-refractivity contribution is 7.99. The van der Waals surface area contributed by atoms with Crippen LogP contribution in [0.1, 0.15) is 0 Å². The van der Waals surface area contributed by atoms with Crippen LogP contribution in [0.4, 0.5) is 5.69 Å². The van der Waals surface area contributed by atoms with Crippen molar-refractivity contribution in [3.8, 4) is 0 Å². The third kappa shape index (κ3) is 3.20. The summed E-state index contributed by atoms with van der Waals surface area (Å²) in [6.07, 6.45) is 1.19. The fourth-order valence-corrected chi connectivity index (χ4v) is 2.96. The SMILES string of the molecule is COC(=O)Cn1c(Sc2ccc([N+](=O)[O-])cn2)nc2ccccc21. The molecule has 2 heterocycles. The van der Waals surface area contributed by atoms with Crippen molar-refractivity contribution in [3.05, 3.63) is 52.7 Å². The number of hydrogen-bond donors (Lipinski definition) is 0. The number of para-hydroxylation sites is 2. The Morgan fingerprint density at radius 2 is 2.12 bits per heavy atom. The molecule has 0 unspecified atom stereocenters. The van der Waals surface area contributed by atoms with Gasteiger partial charge in [-0.1, -0.05) is 12.1 Å². The van der Waals surface area contributed by atoms with Crippen molar-refractivity contribution < 1.29 is 14.5 Å². The highest BCUT2D eigenvalue weighted by atomic mass is 32.2. The fraction of sp³-hybridized carbons (Fsp3) is 0.133. The molecule has 0 N–H and O–H groups in total. The predicted octanol–water partition coefficient (Wildman–Crippen LogP) is 2.66. The summed E-state index contributed by atoms with van der Waals surface area (Å²) in [5.41, 5.74) is 1.46. The van der Waals surface area contributed by atoms with E-state index in [1.54, 1.807) is 10.6 Å². The van der Waals surface area contributed by atoms with Crippen LogP contribution in [0.15, 0.2) is 52.8 Å². The number of aromatic nitrogens is 3. The minimum atomic E-state index is -0.506. The molecule has 2 aromatic heterocycles. The predicted molar refractivity (Wildman–Crippen MR) is 86.8 cm³/mol. The van der Waals surface area contributed by atoms with E-state index in [9.17, 15) is 14.9 Å². The van der Waals surface area contributed by atoms with Crippen molar-refractivity contribution in [3.63, 3.8) is 0 Å². The zero-order chi connectivity index (χ0) is 17.1. The van der Waals surface area contributed by atoms with Gasteiger partial charge in [0.15, 0.2) is 5.16 Å². The summed E-state index contributed by atoms with van der Waals surface area (Å²) in [4.78, 5) is 30.4. The van der Waals surface area contributed by atoms with E-state index in [1.165, 1.54) is 31.1 Å². The lowest BCUT2D eigenvalue weighted by Crippen LogP contribution is -2.12. The van der Waals surface area contributed by atoms with E-state index >= 15 is 0 Å². The summed E-state index contributed by atoms with van der Waals surface area (Å²) in [7, 11) is 1.33. The number of rotatable bonds is 5. The Morgan fingerprint density at radius 3 is 2.79 bits per heavy atom. The number of nitro groups is 1. The van der Waals surface area contributed by atoms with Crippen molar-refractivity contribution in [1.29, 1.82) is 0 Å². The molecular formula is C15H12N4O4S. The Labute approximate surface area is 140 Å². The molecule has 3 aromatic rings. The number of methoxy groups -OCH3 is 1. The average molecular weight is 344 g/mol. The Hall–Kier alpha value is -2.94. The highest BCUT2D eigenvalue weighted by Gasteiger charge is 2.16. The second-order valence-corrected chi connectivity index (χ2v) is 5.75. The van der Waals surface area contributed by atoms with Crippen molar-refractivity contribution in [2.75, 3.05) is 7.11 Å². The molecule has 0 saturated carbocycles. The molecule has 0 atom stereocenters. The van der Waals surface area contributed by atoms with E-state index in [0.717, 1.165) is 11.0 Å². The van der Waals surface area contributed by atoms with E-state index in [0.29, 0.717) is 10.2 Å². The molecule has 0 fully saturated rings. The molecular weight excluding hydrogens is 332 g/mol. The molecule has 0 spiro atoms. The van der Waals surface area contributed by atoms with Crippen molar-refractivity contribution in [2.45, 2.75) is 16.7 Å². The molecule has 8 nitrogen and oxygen atoms in total. The number of benzene rings is 1. The normalized spacial score (nSPS) is 10.7. The maximum atomic E-state index is 11.7. The fourth-order valence-electron chi connectivity index (χ4n) is 2.11. The van der Waals surface area contributed by atoms with Gasteiger partial charge >= 0.3 is 5.97 Å². The largest absolute Gasteiger partial charge is 0.468 e. The van der Waals surface area contributed by atoms with Gasteiger partial charge in [-0.2, -0.15) is 0 Å². The Balaban J connectivity index is 1.97. The number of hydrogen-bond acceptors (Lipinski definition) is 7. The van der Waals surface area contributed by atoms with E-state index in [1.807, 2.05) is 24.3 Å². The number of imidazole rings is 1. The van der Waals surface area contributed by atoms with Gasteiger partial charge in [0.05, 0.1) is 23.1 Å². The van der Waals surface area contributed by atoms with E-state index in [4.69, 9.17) is 4.74 Å². The highest BCUT2D eigenvalue weighted by Crippen LogP contribution is 2.29. The van der Waals surface area contributed by atoms with Crippen LogP contribution < -0.4 is 0 Å². The zero-order valence-corrected chi connectivity index (χ0v) is 13.4. The number of nitrogens with zero attached hydrogens (tertiary/aromatic N) is 4. The van der Waals surface area contributed by atoms with Gasteiger partial charge in [0, 0.05) is 6.07 Å². The number of pyridine rings is 1. The van der Waals surface area contributed by atoms with Crippen LogP contribution in [-0.2, 0) is 16.1 Å². The lowest BCUT2D eigenvalue weighted by molar-refractivity contribution is -0.385. The van der Waals surface area contributed by atoms with Crippen LogP contribution in [0.3, 0.4) is 0 Å². The van der Waals surface area contributed by atoms with E-state index < -0.39 is 10.9 Å². The molecule has 0 aliphatic heterocycles. The smallest absolute Gasteiger partial charge is 0.325 e. The Kier molecular flexibility index (Phi) is 4.43. The van der Waals surface area contributed by atoms with E-state index in [2.05, 4.69) is 9.97 Å². The maximum Gasteiger partial charge on any atom is 0.325 e. The quantitative estimate of drug-likeness (QED) is 0.398. The van der Waals surface area contributed by atoms with Crippen LogP contribution in [-0.4, -0.2) is 32.5 Å². The van der Waals surface area contributed by atoms with Crippen LogP contribution in [0.5, 0.6) is 0 Å². The van der Waals surface area contributed by atoms with Crippen LogP contribution >= 0.6 is 11.8 Å².